The van der Waals surface area contributed by atoms with Crippen molar-refractivity contribution in [3.63, 3.8) is 0 Å². The number of halogens is 1. The van der Waals surface area contributed by atoms with Crippen molar-refractivity contribution in [1.82, 2.24) is 9.62 Å². The predicted octanol–water partition coefficient (Wildman–Crippen LogP) is 2.82. The molecule has 0 radical (unpaired) electrons. The maximum Gasteiger partial charge on any atom is 0.243 e. The molecule has 144 valence electrons. The second kappa shape index (κ2) is 8.29. The zero-order valence-electron chi connectivity index (χ0n) is 14.9. The van der Waals surface area contributed by atoms with Gasteiger partial charge in [-0.05, 0) is 48.7 Å². The predicted molar refractivity (Wildman–Crippen MR) is 103 cm³/mol. The average molecular weight is 409 g/mol. The summed E-state index contributed by atoms with van der Waals surface area (Å²) in [6.45, 7) is 0.573. The summed E-state index contributed by atoms with van der Waals surface area (Å²) in [6, 6.07) is 12.7. The first-order chi connectivity index (χ1) is 12.9. The number of carbonyl (C=O) groups is 1. The first kappa shape index (κ1) is 19.7. The Kier molecular flexibility index (Phi) is 6.04. The van der Waals surface area contributed by atoms with E-state index in [1.165, 1.54) is 23.5 Å². The molecule has 3 rings (SSSR count). The lowest BCUT2D eigenvalue weighted by Crippen LogP contribution is -2.45. The van der Waals surface area contributed by atoms with E-state index in [9.17, 15) is 13.2 Å². The van der Waals surface area contributed by atoms with E-state index in [-0.39, 0.29) is 17.3 Å². The van der Waals surface area contributed by atoms with Crippen LogP contribution in [0.1, 0.15) is 18.4 Å². The summed E-state index contributed by atoms with van der Waals surface area (Å²) < 4.78 is 32.3. The topological polar surface area (TPSA) is 75.7 Å². The van der Waals surface area contributed by atoms with Gasteiger partial charge in [-0.15, -0.1) is 0 Å². The summed E-state index contributed by atoms with van der Waals surface area (Å²) in [4.78, 5) is 12.8. The van der Waals surface area contributed by atoms with Gasteiger partial charge in [-0.25, -0.2) is 8.42 Å². The van der Waals surface area contributed by atoms with Gasteiger partial charge in [-0.1, -0.05) is 29.8 Å². The van der Waals surface area contributed by atoms with E-state index in [0.717, 1.165) is 5.56 Å². The Hall–Kier alpha value is -2.09. The Morgan fingerprint density at radius 2 is 1.93 bits per heavy atom. The highest BCUT2D eigenvalue weighted by molar-refractivity contribution is 7.89. The highest BCUT2D eigenvalue weighted by Crippen LogP contribution is 2.27. The fourth-order valence-electron chi connectivity index (χ4n) is 3.11. The molecule has 0 spiro atoms. The van der Waals surface area contributed by atoms with E-state index >= 15 is 0 Å². The van der Waals surface area contributed by atoms with Crippen LogP contribution in [0, 0.1) is 0 Å². The number of sulfonamides is 1. The molecule has 0 aliphatic carbocycles. The zero-order chi connectivity index (χ0) is 19.4. The van der Waals surface area contributed by atoms with Crippen LogP contribution < -0.4 is 10.1 Å². The van der Waals surface area contributed by atoms with Gasteiger partial charge >= 0.3 is 0 Å². The van der Waals surface area contributed by atoms with E-state index in [0.29, 0.717) is 30.2 Å². The van der Waals surface area contributed by atoms with E-state index in [2.05, 4.69) is 5.32 Å². The van der Waals surface area contributed by atoms with Crippen LogP contribution in [-0.4, -0.2) is 38.3 Å². The first-order valence-corrected chi connectivity index (χ1v) is 10.4. The number of hydrogen-bond donors (Lipinski definition) is 1. The fraction of sp³-hybridized carbons (Fsp3) is 0.316. The van der Waals surface area contributed by atoms with Crippen molar-refractivity contribution in [2.45, 2.75) is 30.3 Å². The molecular weight excluding hydrogens is 388 g/mol. The number of rotatable bonds is 6. The monoisotopic (exact) mass is 408 g/mol. The zero-order valence-corrected chi connectivity index (χ0v) is 16.5. The molecule has 0 saturated carbocycles. The quantitative estimate of drug-likeness (QED) is 0.797. The number of hydrogen-bond acceptors (Lipinski definition) is 4. The van der Waals surface area contributed by atoms with Crippen LogP contribution in [0.5, 0.6) is 5.75 Å². The third kappa shape index (κ3) is 4.26. The van der Waals surface area contributed by atoms with Crippen LogP contribution in [0.2, 0.25) is 5.02 Å². The van der Waals surface area contributed by atoms with Crippen LogP contribution in [0.3, 0.4) is 0 Å². The maximum atomic E-state index is 13.0. The van der Waals surface area contributed by atoms with E-state index in [4.69, 9.17) is 16.3 Å². The molecule has 0 aromatic heterocycles. The molecule has 1 N–H and O–H groups in total. The molecule has 1 amide bonds. The third-order valence-corrected chi connectivity index (χ3v) is 6.87. The van der Waals surface area contributed by atoms with Gasteiger partial charge in [0, 0.05) is 18.1 Å². The van der Waals surface area contributed by atoms with E-state index in [1.807, 2.05) is 18.2 Å². The fourth-order valence-corrected chi connectivity index (χ4v) is 4.97. The summed E-state index contributed by atoms with van der Waals surface area (Å²) in [6.07, 6.45) is 1.13. The third-order valence-electron chi connectivity index (χ3n) is 4.58. The standard InChI is InChI=1S/C19H21ClN2O4S/c1-26-15-8-10-16(11-9-15)27(24,25)22-12-4-7-18(22)19(23)21-13-14-5-2-3-6-17(14)20/h2-3,5-6,8-11,18H,4,7,12-13H2,1H3,(H,21,23)/t18-/m0/s1. The van der Waals surface area contributed by atoms with Crippen molar-refractivity contribution in [3.05, 3.63) is 59.1 Å². The molecule has 1 saturated heterocycles. The number of nitrogens with one attached hydrogen (secondary N) is 1. The Labute approximate surface area is 164 Å². The van der Waals surface area contributed by atoms with Crippen molar-refractivity contribution in [1.29, 1.82) is 0 Å². The van der Waals surface area contributed by atoms with Crippen LogP contribution in [-0.2, 0) is 21.4 Å². The molecule has 0 bridgehead atoms. The molecule has 2 aromatic rings. The minimum Gasteiger partial charge on any atom is -0.497 e. The van der Waals surface area contributed by atoms with Crippen LogP contribution in [0.15, 0.2) is 53.4 Å². The highest BCUT2D eigenvalue weighted by Gasteiger charge is 2.39. The summed E-state index contributed by atoms with van der Waals surface area (Å²) in [5, 5.41) is 3.37. The molecular formula is C19H21ClN2O4S. The second-order valence-corrected chi connectivity index (χ2v) is 8.56. The normalized spacial score (nSPS) is 17.6. The maximum absolute atomic E-state index is 13.0. The largest absolute Gasteiger partial charge is 0.497 e. The number of ether oxygens (including phenoxy) is 1. The van der Waals surface area contributed by atoms with E-state index in [1.54, 1.807) is 18.2 Å². The Balaban J connectivity index is 1.73. The molecule has 0 unspecified atom stereocenters. The highest BCUT2D eigenvalue weighted by atomic mass is 35.5. The number of nitrogens with zero attached hydrogens (tertiary/aromatic N) is 1. The SMILES string of the molecule is COc1ccc(S(=O)(=O)N2CCC[C@H]2C(=O)NCc2ccccc2Cl)cc1. The molecule has 1 aliphatic heterocycles. The molecule has 1 atom stereocenters. The molecule has 1 fully saturated rings. The van der Waals surface area contributed by atoms with Crippen molar-refractivity contribution < 1.29 is 17.9 Å². The van der Waals surface area contributed by atoms with Gasteiger partial charge in [0.1, 0.15) is 11.8 Å². The van der Waals surface area contributed by atoms with Gasteiger partial charge < -0.3 is 10.1 Å². The second-order valence-electron chi connectivity index (χ2n) is 6.26. The molecule has 1 aliphatic rings. The minimum atomic E-state index is -3.76. The van der Waals surface area contributed by atoms with Gasteiger partial charge in [0.15, 0.2) is 0 Å². The number of carbonyl (C=O) groups excluding carboxylic acids is 1. The Morgan fingerprint density at radius 1 is 1.22 bits per heavy atom. The summed E-state index contributed by atoms with van der Waals surface area (Å²) >= 11 is 6.11. The lowest BCUT2D eigenvalue weighted by Gasteiger charge is -2.23. The van der Waals surface area contributed by atoms with Crippen molar-refractivity contribution in [2.75, 3.05) is 13.7 Å². The minimum absolute atomic E-state index is 0.147. The molecule has 6 nitrogen and oxygen atoms in total. The summed E-state index contributed by atoms with van der Waals surface area (Å²) in [5.74, 6) is 0.258. The van der Waals surface area contributed by atoms with Crippen molar-refractivity contribution >= 4 is 27.5 Å². The lowest BCUT2D eigenvalue weighted by atomic mass is 10.2. The first-order valence-electron chi connectivity index (χ1n) is 8.60. The van der Waals surface area contributed by atoms with E-state index < -0.39 is 16.1 Å². The van der Waals surface area contributed by atoms with Gasteiger partial charge in [-0.2, -0.15) is 4.31 Å². The smallest absolute Gasteiger partial charge is 0.243 e. The molecule has 2 aromatic carbocycles. The number of benzene rings is 2. The number of methoxy groups -OCH3 is 1. The van der Waals surface area contributed by atoms with Gasteiger partial charge in [0.25, 0.3) is 0 Å². The molecule has 1 heterocycles. The Bertz CT molecular complexity index is 916. The average Bonchev–Trinajstić information content (AvgIpc) is 3.18. The Morgan fingerprint density at radius 3 is 2.59 bits per heavy atom. The van der Waals surface area contributed by atoms with Gasteiger partial charge in [0.2, 0.25) is 15.9 Å². The molecule has 8 heteroatoms. The number of amides is 1. The lowest BCUT2D eigenvalue weighted by molar-refractivity contribution is -0.124. The molecule has 27 heavy (non-hydrogen) atoms. The van der Waals surface area contributed by atoms with Crippen molar-refractivity contribution in [2.24, 2.45) is 0 Å². The van der Waals surface area contributed by atoms with Gasteiger partial charge in [0.05, 0.1) is 12.0 Å². The van der Waals surface area contributed by atoms with Crippen LogP contribution in [0.25, 0.3) is 0 Å². The summed E-state index contributed by atoms with van der Waals surface area (Å²) in [7, 11) is -2.24. The van der Waals surface area contributed by atoms with Crippen LogP contribution in [0.4, 0.5) is 0 Å². The van der Waals surface area contributed by atoms with Crippen molar-refractivity contribution in [3.8, 4) is 5.75 Å². The van der Waals surface area contributed by atoms with Crippen LogP contribution >= 0.6 is 11.6 Å². The van der Waals surface area contributed by atoms with Gasteiger partial charge in [-0.3, -0.25) is 4.79 Å². The summed E-state index contributed by atoms with van der Waals surface area (Å²) in [5.41, 5.74) is 0.787.